The van der Waals surface area contributed by atoms with Crippen molar-refractivity contribution < 1.29 is 14.3 Å². The highest BCUT2D eigenvalue weighted by molar-refractivity contribution is 5.93. The SMILES string of the molecule is COc1ccccc1NC(=O)Cn1c(CNC(=O)C2CC2)nc2ccccc21. The molecule has 1 aromatic heterocycles. The Morgan fingerprint density at radius 1 is 1.14 bits per heavy atom. The average Bonchev–Trinajstić information content (AvgIpc) is 3.50. The van der Waals surface area contributed by atoms with Gasteiger partial charge < -0.3 is 19.9 Å². The number of imidazole rings is 1. The fraction of sp³-hybridized carbons (Fsp3) is 0.286. The van der Waals surface area contributed by atoms with Gasteiger partial charge in [0, 0.05) is 5.92 Å². The molecule has 1 aliphatic rings. The monoisotopic (exact) mass is 378 g/mol. The third-order valence-electron chi connectivity index (χ3n) is 4.79. The third kappa shape index (κ3) is 3.83. The lowest BCUT2D eigenvalue weighted by Gasteiger charge is -2.12. The van der Waals surface area contributed by atoms with Gasteiger partial charge >= 0.3 is 0 Å². The summed E-state index contributed by atoms with van der Waals surface area (Å²) in [5, 5.41) is 5.81. The highest BCUT2D eigenvalue weighted by Crippen LogP contribution is 2.29. The number of ether oxygens (including phenoxy) is 1. The standard InChI is InChI=1S/C21H22N4O3/c1-28-18-9-5-3-7-16(18)24-20(26)13-25-17-8-4-2-6-15(17)23-19(25)12-22-21(27)14-10-11-14/h2-9,14H,10-13H2,1H3,(H,22,27)(H,24,26). The number of carbonyl (C=O) groups is 2. The second-order valence-electron chi connectivity index (χ2n) is 6.84. The summed E-state index contributed by atoms with van der Waals surface area (Å²) in [6, 6.07) is 14.9. The van der Waals surface area contributed by atoms with Crippen molar-refractivity contribution >= 4 is 28.5 Å². The summed E-state index contributed by atoms with van der Waals surface area (Å²) < 4.78 is 7.13. The lowest BCUT2D eigenvalue weighted by Crippen LogP contribution is -2.27. The summed E-state index contributed by atoms with van der Waals surface area (Å²) in [7, 11) is 1.56. The zero-order valence-corrected chi connectivity index (χ0v) is 15.6. The number of fused-ring (bicyclic) bond motifs is 1. The predicted molar refractivity (Wildman–Crippen MR) is 106 cm³/mol. The molecule has 0 spiro atoms. The Kier molecular flexibility index (Phi) is 4.97. The molecule has 0 bridgehead atoms. The first-order valence-corrected chi connectivity index (χ1v) is 9.30. The number of carbonyl (C=O) groups excluding carboxylic acids is 2. The van der Waals surface area contributed by atoms with E-state index in [-0.39, 0.29) is 24.3 Å². The van der Waals surface area contributed by atoms with Gasteiger partial charge in [0.2, 0.25) is 11.8 Å². The van der Waals surface area contributed by atoms with E-state index in [9.17, 15) is 9.59 Å². The minimum atomic E-state index is -0.192. The minimum Gasteiger partial charge on any atom is -0.495 e. The Morgan fingerprint density at radius 2 is 1.89 bits per heavy atom. The molecule has 144 valence electrons. The number of para-hydroxylation sites is 4. The first-order chi connectivity index (χ1) is 13.7. The minimum absolute atomic E-state index is 0.0529. The maximum absolute atomic E-state index is 12.7. The first kappa shape index (κ1) is 18.0. The Balaban J connectivity index is 1.55. The Morgan fingerprint density at radius 3 is 2.68 bits per heavy atom. The van der Waals surface area contributed by atoms with E-state index < -0.39 is 0 Å². The summed E-state index contributed by atoms with van der Waals surface area (Å²) in [6.07, 6.45) is 1.90. The number of nitrogens with zero attached hydrogens (tertiary/aromatic N) is 2. The molecule has 4 rings (SSSR count). The van der Waals surface area contributed by atoms with E-state index in [2.05, 4.69) is 15.6 Å². The van der Waals surface area contributed by atoms with Gasteiger partial charge in [-0.05, 0) is 37.1 Å². The van der Waals surface area contributed by atoms with E-state index in [1.165, 1.54) is 0 Å². The summed E-state index contributed by atoms with van der Waals surface area (Å²) in [5.41, 5.74) is 2.26. The van der Waals surface area contributed by atoms with Gasteiger partial charge in [-0.3, -0.25) is 9.59 Å². The molecule has 1 aliphatic carbocycles. The summed E-state index contributed by atoms with van der Waals surface area (Å²) in [4.78, 5) is 29.3. The van der Waals surface area contributed by atoms with E-state index in [1.807, 2.05) is 41.0 Å². The zero-order valence-electron chi connectivity index (χ0n) is 15.6. The number of hydrogen-bond acceptors (Lipinski definition) is 4. The van der Waals surface area contributed by atoms with E-state index in [0.717, 1.165) is 23.9 Å². The molecular formula is C21H22N4O3. The predicted octanol–water partition coefficient (Wildman–Crippen LogP) is 2.71. The fourth-order valence-electron chi connectivity index (χ4n) is 3.17. The van der Waals surface area contributed by atoms with Crippen LogP contribution in [-0.4, -0.2) is 28.5 Å². The second kappa shape index (κ2) is 7.72. The van der Waals surface area contributed by atoms with Gasteiger partial charge in [-0.2, -0.15) is 0 Å². The topological polar surface area (TPSA) is 85.2 Å². The average molecular weight is 378 g/mol. The van der Waals surface area contributed by atoms with Crippen molar-refractivity contribution in [2.75, 3.05) is 12.4 Å². The van der Waals surface area contributed by atoms with Crippen molar-refractivity contribution in [2.24, 2.45) is 5.92 Å². The van der Waals surface area contributed by atoms with Crippen LogP contribution >= 0.6 is 0 Å². The zero-order chi connectivity index (χ0) is 19.5. The van der Waals surface area contributed by atoms with Crippen LogP contribution in [0, 0.1) is 5.92 Å². The van der Waals surface area contributed by atoms with E-state index in [0.29, 0.717) is 23.8 Å². The van der Waals surface area contributed by atoms with Crippen molar-refractivity contribution in [3.05, 3.63) is 54.4 Å². The Labute approximate surface area is 162 Å². The number of aromatic nitrogens is 2. The summed E-state index contributed by atoms with van der Waals surface area (Å²) in [5.74, 6) is 1.25. The number of hydrogen-bond donors (Lipinski definition) is 2. The normalized spacial score (nSPS) is 13.3. The lowest BCUT2D eigenvalue weighted by molar-refractivity contribution is -0.122. The summed E-state index contributed by atoms with van der Waals surface area (Å²) >= 11 is 0. The van der Waals surface area contributed by atoms with Gasteiger partial charge in [-0.25, -0.2) is 4.98 Å². The van der Waals surface area contributed by atoms with Crippen LogP contribution in [0.4, 0.5) is 5.69 Å². The first-order valence-electron chi connectivity index (χ1n) is 9.30. The number of rotatable bonds is 7. The quantitative estimate of drug-likeness (QED) is 0.662. The molecule has 0 saturated heterocycles. The van der Waals surface area contributed by atoms with Crippen LogP contribution in [0.2, 0.25) is 0 Å². The molecule has 2 aromatic carbocycles. The molecular weight excluding hydrogens is 356 g/mol. The Bertz CT molecular complexity index is 1020. The highest BCUT2D eigenvalue weighted by atomic mass is 16.5. The van der Waals surface area contributed by atoms with Crippen LogP contribution in [0.15, 0.2) is 48.5 Å². The smallest absolute Gasteiger partial charge is 0.244 e. The molecule has 0 aliphatic heterocycles. The molecule has 7 nitrogen and oxygen atoms in total. The van der Waals surface area contributed by atoms with Crippen LogP contribution in [-0.2, 0) is 22.7 Å². The van der Waals surface area contributed by atoms with Gasteiger partial charge in [0.1, 0.15) is 18.1 Å². The van der Waals surface area contributed by atoms with Gasteiger partial charge in [-0.15, -0.1) is 0 Å². The van der Waals surface area contributed by atoms with Crippen LogP contribution < -0.4 is 15.4 Å². The molecule has 0 radical (unpaired) electrons. The van der Waals surface area contributed by atoms with E-state index in [1.54, 1.807) is 19.2 Å². The van der Waals surface area contributed by atoms with Crippen LogP contribution in [0.5, 0.6) is 5.75 Å². The second-order valence-corrected chi connectivity index (χ2v) is 6.84. The van der Waals surface area contributed by atoms with Crippen molar-refractivity contribution in [3.8, 4) is 5.75 Å². The number of amides is 2. The number of anilines is 1. The molecule has 0 unspecified atom stereocenters. The van der Waals surface area contributed by atoms with E-state index in [4.69, 9.17) is 4.74 Å². The molecule has 1 saturated carbocycles. The summed E-state index contributed by atoms with van der Waals surface area (Å²) in [6.45, 7) is 0.388. The van der Waals surface area contributed by atoms with Crippen molar-refractivity contribution in [1.82, 2.24) is 14.9 Å². The van der Waals surface area contributed by atoms with Gasteiger partial charge in [0.05, 0.1) is 30.4 Å². The van der Waals surface area contributed by atoms with Crippen LogP contribution in [0.1, 0.15) is 18.7 Å². The van der Waals surface area contributed by atoms with Gasteiger partial charge in [0.25, 0.3) is 0 Å². The van der Waals surface area contributed by atoms with Crippen molar-refractivity contribution in [3.63, 3.8) is 0 Å². The van der Waals surface area contributed by atoms with Crippen LogP contribution in [0.25, 0.3) is 11.0 Å². The fourth-order valence-corrected chi connectivity index (χ4v) is 3.17. The number of nitrogens with one attached hydrogen (secondary N) is 2. The van der Waals surface area contributed by atoms with Crippen LogP contribution in [0.3, 0.4) is 0 Å². The highest BCUT2D eigenvalue weighted by Gasteiger charge is 2.29. The maximum Gasteiger partial charge on any atom is 0.244 e. The van der Waals surface area contributed by atoms with Gasteiger partial charge in [0.15, 0.2) is 0 Å². The third-order valence-corrected chi connectivity index (χ3v) is 4.79. The molecule has 2 amide bonds. The maximum atomic E-state index is 12.7. The molecule has 1 heterocycles. The number of methoxy groups -OCH3 is 1. The lowest BCUT2D eigenvalue weighted by atomic mass is 10.3. The molecule has 3 aromatic rings. The molecule has 0 atom stereocenters. The largest absolute Gasteiger partial charge is 0.495 e. The molecule has 1 fully saturated rings. The van der Waals surface area contributed by atoms with Crippen molar-refractivity contribution in [2.45, 2.75) is 25.9 Å². The van der Waals surface area contributed by atoms with Crippen molar-refractivity contribution in [1.29, 1.82) is 0 Å². The van der Waals surface area contributed by atoms with E-state index >= 15 is 0 Å². The number of benzene rings is 2. The molecule has 7 heteroatoms. The molecule has 2 N–H and O–H groups in total. The van der Waals surface area contributed by atoms with Gasteiger partial charge in [-0.1, -0.05) is 24.3 Å². The Hall–Kier alpha value is -3.35. The molecule has 28 heavy (non-hydrogen) atoms.